The van der Waals surface area contributed by atoms with Gasteiger partial charge in [0.2, 0.25) is 0 Å². The normalized spacial score (nSPS) is 10.9. The first-order valence-corrected chi connectivity index (χ1v) is 7.09. The lowest BCUT2D eigenvalue weighted by Crippen LogP contribution is -2.14. The van der Waals surface area contributed by atoms with Crippen molar-refractivity contribution in [3.05, 3.63) is 86.9 Å². The SMILES string of the molecule is [C-]#[N+]/C=C/c1cccc(/C=C/C(=O)c2c(OC)cc(C)oc2=O)c1. The molecule has 0 aliphatic carbocycles. The molecule has 0 bridgehead atoms. The number of nitrogens with zero attached hydrogens (tertiary/aromatic N) is 1. The summed E-state index contributed by atoms with van der Waals surface area (Å²) in [4.78, 5) is 27.4. The van der Waals surface area contributed by atoms with Gasteiger partial charge in [0.05, 0.1) is 13.7 Å². The third kappa shape index (κ3) is 4.08. The lowest BCUT2D eigenvalue weighted by atomic mass is 10.1. The zero-order chi connectivity index (χ0) is 17.5. The summed E-state index contributed by atoms with van der Waals surface area (Å²) in [5, 5.41) is 0. The Morgan fingerprint density at radius 2 is 1.96 bits per heavy atom. The maximum Gasteiger partial charge on any atom is 0.351 e. The average molecular weight is 321 g/mol. The molecule has 0 aliphatic rings. The summed E-state index contributed by atoms with van der Waals surface area (Å²) in [7, 11) is 1.39. The summed E-state index contributed by atoms with van der Waals surface area (Å²) in [6, 6.07) is 8.79. The Hall–Kier alpha value is -3.39. The number of hydrogen-bond acceptors (Lipinski definition) is 4. The molecular formula is C19H15NO4. The molecule has 0 N–H and O–H groups in total. The second-order valence-corrected chi connectivity index (χ2v) is 4.90. The summed E-state index contributed by atoms with van der Waals surface area (Å²) in [5.41, 5.74) is 0.748. The van der Waals surface area contributed by atoms with Crippen molar-refractivity contribution >= 4 is 17.9 Å². The number of carbonyl (C=O) groups is 1. The van der Waals surface area contributed by atoms with Gasteiger partial charge in [0.1, 0.15) is 17.1 Å². The van der Waals surface area contributed by atoms with Gasteiger partial charge in [-0.1, -0.05) is 30.4 Å². The van der Waals surface area contributed by atoms with E-state index in [1.54, 1.807) is 19.1 Å². The van der Waals surface area contributed by atoms with Crippen LogP contribution >= 0.6 is 0 Å². The Morgan fingerprint density at radius 3 is 2.62 bits per heavy atom. The van der Waals surface area contributed by atoms with Gasteiger partial charge >= 0.3 is 5.63 Å². The van der Waals surface area contributed by atoms with Crippen molar-refractivity contribution in [3.8, 4) is 5.75 Å². The second kappa shape index (κ2) is 7.75. The van der Waals surface area contributed by atoms with Crippen molar-refractivity contribution in [2.45, 2.75) is 6.92 Å². The third-order valence-electron chi connectivity index (χ3n) is 3.18. The van der Waals surface area contributed by atoms with Crippen molar-refractivity contribution in [1.29, 1.82) is 0 Å². The Balaban J connectivity index is 2.31. The van der Waals surface area contributed by atoms with Crippen LogP contribution in [0.25, 0.3) is 17.0 Å². The Bertz CT molecular complexity index is 914. The predicted molar refractivity (Wildman–Crippen MR) is 91.7 cm³/mol. The summed E-state index contributed by atoms with van der Waals surface area (Å²) < 4.78 is 10.1. The topological polar surface area (TPSA) is 60.9 Å². The molecule has 24 heavy (non-hydrogen) atoms. The van der Waals surface area contributed by atoms with Gasteiger partial charge in [-0.15, -0.1) is 0 Å². The average Bonchev–Trinajstić information content (AvgIpc) is 2.57. The number of carbonyl (C=O) groups excluding carboxylic acids is 1. The largest absolute Gasteiger partial charge is 0.496 e. The molecule has 0 radical (unpaired) electrons. The molecule has 0 amide bonds. The fourth-order valence-electron chi connectivity index (χ4n) is 2.11. The molecule has 1 aromatic carbocycles. The van der Waals surface area contributed by atoms with E-state index in [1.165, 1.54) is 25.5 Å². The van der Waals surface area contributed by atoms with Crippen LogP contribution in [0, 0.1) is 13.5 Å². The highest BCUT2D eigenvalue weighted by Crippen LogP contribution is 2.18. The van der Waals surface area contributed by atoms with Gasteiger partial charge in [0.25, 0.3) is 0 Å². The Labute approximate surface area is 139 Å². The summed E-state index contributed by atoms with van der Waals surface area (Å²) in [6.07, 6.45) is 5.91. The van der Waals surface area contributed by atoms with E-state index in [-0.39, 0.29) is 11.3 Å². The standard InChI is InChI=1S/C19H15NO4/c1-13-11-17(23-3)18(19(22)24-13)16(21)8-7-14-5-4-6-15(12-14)9-10-20-2/h4-12H,1,3H3/b8-7+,10-9+. The number of ketones is 1. The van der Waals surface area contributed by atoms with E-state index in [4.69, 9.17) is 15.7 Å². The number of ether oxygens (including phenoxy) is 1. The number of aryl methyl sites for hydroxylation is 1. The minimum absolute atomic E-state index is 0.136. The molecule has 120 valence electrons. The minimum Gasteiger partial charge on any atom is -0.496 e. The lowest BCUT2D eigenvalue weighted by Gasteiger charge is -2.04. The monoisotopic (exact) mass is 321 g/mol. The molecule has 2 rings (SSSR count). The van der Waals surface area contributed by atoms with Gasteiger partial charge in [-0.05, 0) is 30.2 Å². The molecule has 1 heterocycles. The zero-order valence-corrected chi connectivity index (χ0v) is 13.3. The molecule has 0 atom stereocenters. The molecule has 0 fully saturated rings. The van der Waals surface area contributed by atoms with Crippen molar-refractivity contribution in [2.75, 3.05) is 7.11 Å². The van der Waals surface area contributed by atoms with Gasteiger partial charge in [0, 0.05) is 6.07 Å². The smallest absolute Gasteiger partial charge is 0.351 e. The van der Waals surface area contributed by atoms with Crippen molar-refractivity contribution in [1.82, 2.24) is 0 Å². The van der Waals surface area contributed by atoms with E-state index >= 15 is 0 Å². The molecule has 0 spiro atoms. The fraction of sp³-hybridized carbons (Fsp3) is 0.105. The highest BCUT2D eigenvalue weighted by molar-refractivity contribution is 6.08. The van der Waals surface area contributed by atoms with E-state index in [9.17, 15) is 9.59 Å². The van der Waals surface area contributed by atoms with Crippen LogP contribution in [-0.2, 0) is 0 Å². The number of allylic oxidation sites excluding steroid dienone is 1. The maximum atomic E-state index is 12.3. The first-order chi connectivity index (χ1) is 11.5. The molecule has 0 saturated carbocycles. The molecule has 0 aliphatic heterocycles. The van der Waals surface area contributed by atoms with Crippen LogP contribution in [0.1, 0.15) is 27.2 Å². The quantitative estimate of drug-likeness (QED) is 0.478. The van der Waals surface area contributed by atoms with Crippen LogP contribution in [-0.4, -0.2) is 12.9 Å². The summed E-state index contributed by atoms with van der Waals surface area (Å²) >= 11 is 0. The highest BCUT2D eigenvalue weighted by Gasteiger charge is 2.17. The first-order valence-electron chi connectivity index (χ1n) is 7.09. The fourth-order valence-corrected chi connectivity index (χ4v) is 2.11. The Kier molecular flexibility index (Phi) is 5.48. The third-order valence-corrected chi connectivity index (χ3v) is 3.18. The van der Waals surface area contributed by atoms with Crippen LogP contribution in [0.2, 0.25) is 0 Å². The van der Waals surface area contributed by atoms with Crippen molar-refractivity contribution < 1.29 is 13.9 Å². The van der Waals surface area contributed by atoms with E-state index in [2.05, 4.69) is 4.85 Å². The number of benzene rings is 1. The maximum absolute atomic E-state index is 12.3. The molecule has 5 nitrogen and oxygen atoms in total. The summed E-state index contributed by atoms with van der Waals surface area (Å²) in [6.45, 7) is 8.35. The van der Waals surface area contributed by atoms with Crippen LogP contribution in [0.3, 0.4) is 0 Å². The van der Waals surface area contributed by atoms with Crippen molar-refractivity contribution in [3.63, 3.8) is 0 Å². The van der Waals surface area contributed by atoms with E-state index in [0.29, 0.717) is 5.76 Å². The van der Waals surface area contributed by atoms with Gasteiger partial charge < -0.3 is 9.15 Å². The molecular weight excluding hydrogens is 306 g/mol. The van der Waals surface area contributed by atoms with Gasteiger partial charge in [-0.3, -0.25) is 4.79 Å². The van der Waals surface area contributed by atoms with Crippen LogP contribution < -0.4 is 10.4 Å². The first kappa shape index (κ1) is 17.0. The lowest BCUT2D eigenvalue weighted by molar-refractivity contribution is 0.104. The highest BCUT2D eigenvalue weighted by atomic mass is 16.5. The summed E-state index contributed by atoms with van der Waals surface area (Å²) in [5.74, 6) is 0.0616. The minimum atomic E-state index is -0.727. The number of methoxy groups -OCH3 is 1. The predicted octanol–water partition coefficient (Wildman–Crippen LogP) is 3.74. The Morgan fingerprint density at radius 1 is 1.25 bits per heavy atom. The number of hydrogen-bond donors (Lipinski definition) is 0. The van der Waals surface area contributed by atoms with Gasteiger partial charge in [-0.2, -0.15) is 0 Å². The zero-order valence-electron chi connectivity index (χ0n) is 13.3. The second-order valence-electron chi connectivity index (χ2n) is 4.90. The molecule has 5 heteroatoms. The van der Waals surface area contributed by atoms with Crippen molar-refractivity contribution in [2.24, 2.45) is 0 Å². The molecule has 1 aromatic heterocycles. The number of rotatable bonds is 5. The van der Waals surface area contributed by atoms with Gasteiger partial charge in [-0.25, -0.2) is 9.64 Å². The van der Waals surface area contributed by atoms with Crippen LogP contribution in [0.15, 0.2) is 51.8 Å². The van der Waals surface area contributed by atoms with Gasteiger partial charge in [0.15, 0.2) is 12.0 Å². The van der Waals surface area contributed by atoms with E-state index < -0.39 is 11.4 Å². The molecule has 2 aromatic rings. The van der Waals surface area contributed by atoms with E-state index in [1.807, 2.05) is 24.3 Å². The molecule has 0 saturated heterocycles. The van der Waals surface area contributed by atoms with Crippen LogP contribution in [0.5, 0.6) is 5.75 Å². The molecule has 0 unspecified atom stereocenters. The van der Waals surface area contributed by atoms with E-state index in [0.717, 1.165) is 11.1 Å². The van der Waals surface area contributed by atoms with Crippen LogP contribution in [0.4, 0.5) is 0 Å².